The van der Waals surface area contributed by atoms with Crippen LogP contribution in [0.1, 0.15) is 23.2 Å². The van der Waals surface area contributed by atoms with Crippen LogP contribution in [-0.4, -0.2) is 25.0 Å². The molecule has 3 nitrogen and oxygen atoms in total. The first-order valence-corrected chi connectivity index (χ1v) is 6.71. The summed E-state index contributed by atoms with van der Waals surface area (Å²) in [5.41, 5.74) is 0.383. The second-order valence-corrected chi connectivity index (χ2v) is 5.31. The van der Waals surface area contributed by atoms with Gasteiger partial charge in [-0.3, -0.25) is 4.79 Å². The molecule has 17 heavy (non-hydrogen) atoms. The van der Waals surface area contributed by atoms with Crippen molar-refractivity contribution < 1.29 is 9.18 Å². The normalized spacial score (nSPS) is 20.0. The zero-order valence-electron chi connectivity index (χ0n) is 9.30. The fourth-order valence-corrected chi connectivity index (χ4v) is 2.22. The van der Waals surface area contributed by atoms with Crippen molar-refractivity contribution in [2.24, 2.45) is 0 Å². The lowest BCUT2D eigenvalue weighted by atomic mass is 10.1. The van der Waals surface area contributed by atoms with Gasteiger partial charge in [0, 0.05) is 21.7 Å². The fraction of sp³-hybridized carbons (Fsp3) is 0.417. The van der Waals surface area contributed by atoms with E-state index in [-0.39, 0.29) is 17.8 Å². The average molecular weight is 348 g/mol. The van der Waals surface area contributed by atoms with Crippen molar-refractivity contribution in [3.05, 3.63) is 33.1 Å². The Labute approximate surface area is 113 Å². The number of amides is 1. The fourth-order valence-electron chi connectivity index (χ4n) is 1.88. The van der Waals surface area contributed by atoms with Crippen molar-refractivity contribution in [2.45, 2.75) is 18.9 Å². The molecular weight excluding hydrogens is 334 g/mol. The van der Waals surface area contributed by atoms with Crippen LogP contribution in [0.2, 0.25) is 0 Å². The summed E-state index contributed by atoms with van der Waals surface area (Å²) >= 11 is 1.90. The lowest BCUT2D eigenvalue weighted by Gasteiger charge is -2.23. The molecule has 1 fully saturated rings. The van der Waals surface area contributed by atoms with Crippen LogP contribution in [0.3, 0.4) is 0 Å². The summed E-state index contributed by atoms with van der Waals surface area (Å²) in [5, 5.41) is 6.13. The van der Waals surface area contributed by atoms with Gasteiger partial charge in [-0.05, 0) is 60.2 Å². The molecule has 1 aromatic rings. The molecule has 1 heterocycles. The first kappa shape index (κ1) is 12.8. The lowest BCUT2D eigenvalue weighted by Crippen LogP contribution is -2.45. The summed E-state index contributed by atoms with van der Waals surface area (Å²) in [5.74, 6) is -0.547. The van der Waals surface area contributed by atoms with Crippen LogP contribution in [0.15, 0.2) is 18.2 Å². The number of carbonyl (C=O) groups excluding carboxylic acids is 1. The van der Waals surface area contributed by atoms with Crippen molar-refractivity contribution in [1.82, 2.24) is 10.6 Å². The molecule has 0 radical (unpaired) electrons. The van der Waals surface area contributed by atoms with Crippen LogP contribution in [0.25, 0.3) is 0 Å². The Hall–Kier alpha value is -0.690. The topological polar surface area (TPSA) is 41.1 Å². The standard InChI is InChI=1S/C12H14FIN2O/c13-10-6-8(3-4-11(10)14)12(17)16-9-2-1-5-15-7-9/h3-4,6,9,15H,1-2,5,7H2,(H,16,17). The van der Waals surface area contributed by atoms with Crippen molar-refractivity contribution >= 4 is 28.5 Å². The summed E-state index contributed by atoms with van der Waals surface area (Å²) in [6, 6.07) is 4.70. The Morgan fingerprint density at radius 3 is 3.00 bits per heavy atom. The molecule has 0 spiro atoms. The third-order valence-electron chi connectivity index (χ3n) is 2.81. The molecule has 5 heteroatoms. The number of hydrogen-bond acceptors (Lipinski definition) is 2. The molecule has 1 amide bonds. The smallest absolute Gasteiger partial charge is 0.251 e. The zero-order valence-corrected chi connectivity index (χ0v) is 11.5. The van der Waals surface area contributed by atoms with Gasteiger partial charge < -0.3 is 10.6 Å². The second-order valence-electron chi connectivity index (χ2n) is 4.15. The third kappa shape index (κ3) is 3.38. The van der Waals surface area contributed by atoms with Crippen LogP contribution in [-0.2, 0) is 0 Å². The number of carbonyl (C=O) groups is 1. The molecule has 92 valence electrons. The largest absolute Gasteiger partial charge is 0.348 e. The van der Waals surface area contributed by atoms with Gasteiger partial charge in [-0.25, -0.2) is 4.39 Å². The van der Waals surface area contributed by atoms with Crippen LogP contribution >= 0.6 is 22.6 Å². The molecule has 1 atom stereocenters. The van der Waals surface area contributed by atoms with Crippen molar-refractivity contribution in [1.29, 1.82) is 0 Å². The first-order chi connectivity index (χ1) is 8.16. The van der Waals surface area contributed by atoms with Gasteiger partial charge in [0.2, 0.25) is 0 Å². The molecule has 1 saturated heterocycles. The van der Waals surface area contributed by atoms with E-state index >= 15 is 0 Å². The summed E-state index contributed by atoms with van der Waals surface area (Å²) in [6.45, 7) is 1.79. The molecule has 1 unspecified atom stereocenters. The van der Waals surface area contributed by atoms with E-state index in [0.29, 0.717) is 9.13 Å². The van der Waals surface area contributed by atoms with Gasteiger partial charge in [-0.15, -0.1) is 0 Å². The number of piperidine rings is 1. The van der Waals surface area contributed by atoms with Gasteiger partial charge in [0.05, 0.1) is 0 Å². The van der Waals surface area contributed by atoms with E-state index in [1.807, 2.05) is 22.6 Å². The third-order valence-corrected chi connectivity index (χ3v) is 3.69. The molecule has 0 aliphatic carbocycles. The summed E-state index contributed by atoms with van der Waals surface area (Å²) in [7, 11) is 0. The Bertz CT molecular complexity index is 419. The molecule has 0 saturated carbocycles. The number of nitrogens with one attached hydrogen (secondary N) is 2. The molecular formula is C12H14FIN2O. The zero-order chi connectivity index (χ0) is 12.3. The van der Waals surface area contributed by atoms with E-state index in [1.165, 1.54) is 6.07 Å². The maximum Gasteiger partial charge on any atom is 0.251 e. The molecule has 1 aliphatic rings. The highest BCUT2D eigenvalue weighted by Gasteiger charge is 2.16. The van der Waals surface area contributed by atoms with Crippen molar-refractivity contribution in [3.63, 3.8) is 0 Å². The molecule has 1 aliphatic heterocycles. The van der Waals surface area contributed by atoms with E-state index < -0.39 is 0 Å². The predicted octanol–water partition coefficient (Wildman–Crippen LogP) is 1.91. The van der Waals surface area contributed by atoms with Crippen molar-refractivity contribution in [2.75, 3.05) is 13.1 Å². The second kappa shape index (κ2) is 5.77. The predicted molar refractivity (Wildman–Crippen MR) is 72.5 cm³/mol. The molecule has 0 aromatic heterocycles. The van der Waals surface area contributed by atoms with Crippen molar-refractivity contribution in [3.8, 4) is 0 Å². The van der Waals surface area contributed by atoms with E-state index in [4.69, 9.17) is 0 Å². The van der Waals surface area contributed by atoms with Gasteiger partial charge in [0.25, 0.3) is 5.91 Å². The minimum atomic E-state index is -0.347. The highest BCUT2D eigenvalue weighted by Crippen LogP contribution is 2.13. The van der Waals surface area contributed by atoms with E-state index in [9.17, 15) is 9.18 Å². The van der Waals surface area contributed by atoms with E-state index in [2.05, 4.69) is 10.6 Å². The number of rotatable bonds is 2. The minimum Gasteiger partial charge on any atom is -0.348 e. The Kier molecular flexibility index (Phi) is 4.33. The molecule has 2 N–H and O–H groups in total. The lowest BCUT2D eigenvalue weighted by molar-refractivity contribution is 0.0930. The Morgan fingerprint density at radius 1 is 1.53 bits per heavy atom. The van der Waals surface area contributed by atoms with Crippen LogP contribution in [0.5, 0.6) is 0 Å². The van der Waals surface area contributed by atoms with Gasteiger partial charge in [-0.1, -0.05) is 0 Å². The summed E-state index contributed by atoms with van der Waals surface area (Å²) < 4.78 is 13.8. The number of hydrogen-bond donors (Lipinski definition) is 2. The SMILES string of the molecule is O=C(NC1CCCNC1)c1ccc(I)c(F)c1. The van der Waals surface area contributed by atoms with Crippen LogP contribution < -0.4 is 10.6 Å². The van der Waals surface area contributed by atoms with Crippen LogP contribution in [0, 0.1) is 9.39 Å². The molecule has 1 aromatic carbocycles. The Morgan fingerprint density at radius 2 is 2.35 bits per heavy atom. The number of halogens is 2. The molecule has 0 bridgehead atoms. The Balaban J connectivity index is 2.01. The van der Waals surface area contributed by atoms with Gasteiger partial charge in [0.1, 0.15) is 5.82 Å². The van der Waals surface area contributed by atoms with Gasteiger partial charge in [-0.2, -0.15) is 0 Å². The quantitative estimate of drug-likeness (QED) is 0.802. The first-order valence-electron chi connectivity index (χ1n) is 5.63. The maximum atomic E-state index is 13.3. The summed E-state index contributed by atoms with van der Waals surface area (Å²) in [4.78, 5) is 11.9. The van der Waals surface area contributed by atoms with Gasteiger partial charge in [0.15, 0.2) is 0 Å². The van der Waals surface area contributed by atoms with Gasteiger partial charge >= 0.3 is 0 Å². The van der Waals surface area contributed by atoms with Crippen LogP contribution in [0.4, 0.5) is 4.39 Å². The highest BCUT2D eigenvalue weighted by atomic mass is 127. The number of benzene rings is 1. The maximum absolute atomic E-state index is 13.3. The molecule has 2 rings (SSSR count). The monoisotopic (exact) mass is 348 g/mol. The summed E-state index contributed by atoms with van der Waals surface area (Å²) in [6.07, 6.45) is 2.04. The minimum absolute atomic E-state index is 0.151. The average Bonchev–Trinajstić information content (AvgIpc) is 2.34. The van der Waals surface area contributed by atoms with E-state index in [1.54, 1.807) is 12.1 Å². The van der Waals surface area contributed by atoms with E-state index in [0.717, 1.165) is 25.9 Å². The highest BCUT2D eigenvalue weighted by molar-refractivity contribution is 14.1.